The molecule has 0 amide bonds. The average Bonchev–Trinajstić information content (AvgIpc) is 2.47. The second-order valence-electron chi connectivity index (χ2n) is 4.58. The number of ether oxygens (including phenoxy) is 2. The highest BCUT2D eigenvalue weighted by Gasteiger charge is 2.25. The van der Waals surface area contributed by atoms with E-state index in [1.807, 2.05) is 13.8 Å². The van der Waals surface area contributed by atoms with Gasteiger partial charge in [0.2, 0.25) is 10.0 Å². The van der Waals surface area contributed by atoms with E-state index in [9.17, 15) is 8.42 Å². The van der Waals surface area contributed by atoms with E-state index in [0.29, 0.717) is 24.7 Å². The lowest BCUT2D eigenvalue weighted by molar-refractivity contribution is 0.287. The molecule has 21 heavy (non-hydrogen) atoms. The van der Waals surface area contributed by atoms with Gasteiger partial charge in [0.1, 0.15) is 0 Å². The summed E-state index contributed by atoms with van der Waals surface area (Å²) in [5, 5.41) is 0. The van der Waals surface area contributed by atoms with Crippen LogP contribution in [0.1, 0.15) is 20.8 Å². The summed E-state index contributed by atoms with van der Waals surface area (Å²) in [5.41, 5.74) is 5.54. The average molecular weight is 316 g/mol. The van der Waals surface area contributed by atoms with Crippen LogP contribution < -0.4 is 15.2 Å². The molecule has 0 aliphatic rings. The van der Waals surface area contributed by atoms with Crippen molar-refractivity contribution in [2.45, 2.75) is 31.7 Å². The molecule has 1 rings (SSSR count). The maximum absolute atomic E-state index is 12.5. The van der Waals surface area contributed by atoms with Crippen LogP contribution in [-0.2, 0) is 10.0 Å². The normalized spacial score (nSPS) is 13.2. The molecule has 0 aliphatic heterocycles. The van der Waals surface area contributed by atoms with Gasteiger partial charge in [0.05, 0.1) is 18.1 Å². The van der Waals surface area contributed by atoms with Crippen LogP contribution in [0.5, 0.6) is 11.5 Å². The summed E-state index contributed by atoms with van der Waals surface area (Å²) in [4.78, 5) is 0.164. The molecule has 1 aromatic carbocycles. The lowest BCUT2D eigenvalue weighted by Gasteiger charge is -2.23. The molecule has 1 aromatic rings. The summed E-state index contributed by atoms with van der Waals surface area (Å²) >= 11 is 0. The van der Waals surface area contributed by atoms with Gasteiger partial charge in [-0.2, -0.15) is 4.31 Å². The van der Waals surface area contributed by atoms with Crippen LogP contribution in [0, 0.1) is 0 Å². The third-order valence-electron chi connectivity index (χ3n) is 3.15. The molecule has 0 spiro atoms. The second-order valence-corrected chi connectivity index (χ2v) is 6.58. The van der Waals surface area contributed by atoms with Gasteiger partial charge < -0.3 is 15.2 Å². The standard InChI is InChI=1S/C14H24N2O4S/c1-5-19-13-8-7-12(9-14(13)20-6-2)21(17,18)16(4)11(3)10-15/h7-9,11H,5-6,10,15H2,1-4H3. The van der Waals surface area contributed by atoms with E-state index < -0.39 is 10.0 Å². The zero-order chi connectivity index (χ0) is 16.0. The van der Waals surface area contributed by atoms with Gasteiger partial charge in [-0.15, -0.1) is 0 Å². The topological polar surface area (TPSA) is 81.9 Å². The Balaban J connectivity index is 3.21. The zero-order valence-corrected chi connectivity index (χ0v) is 13.8. The molecule has 0 fully saturated rings. The summed E-state index contributed by atoms with van der Waals surface area (Å²) in [7, 11) is -2.09. The fourth-order valence-electron chi connectivity index (χ4n) is 1.74. The van der Waals surface area contributed by atoms with Crippen LogP contribution >= 0.6 is 0 Å². The van der Waals surface area contributed by atoms with Crippen molar-refractivity contribution in [2.75, 3.05) is 26.8 Å². The molecular formula is C14H24N2O4S. The van der Waals surface area contributed by atoms with Crippen LogP contribution in [0.3, 0.4) is 0 Å². The van der Waals surface area contributed by atoms with Crippen molar-refractivity contribution in [3.63, 3.8) is 0 Å². The van der Waals surface area contributed by atoms with Gasteiger partial charge >= 0.3 is 0 Å². The maximum atomic E-state index is 12.5. The smallest absolute Gasteiger partial charge is 0.243 e. The van der Waals surface area contributed by atoms with Crippen LogP contribution in [-0.4, -0.2) is 45.6 Å². The minimum Gasteiger partial charge on any atom is -0.490 e. The SMILES string of the molecule is CCOc1ccc(S(=O)(=O)N(C)C(C)CN)cc1OCC. The third-order valence-corrected chi connectivity index (χ3v) is 5.12. The van der Waals surface area contributed by atoms with Gasteiger partial charge in [0.15, 0.2) is 11.5 Å². The Labute approximate surface area is 126 Å². The molecule has 2 N–H and O–H groups in total. The summed E-state index contributed by atoms with van der Waals surface area (Å²) in [6, 6.07) is 4.34. The first-order valence-corrected chi connectivity index (χ1v) is 8.40. The Hall–Kier alpha value is -1.31. The molecular weight excluding hydrogens is 292 g/mol. The Kier molecular flexibility index (Phi) is 6.44. The summed E-state index contributed by atoms with van der Waals surface area (Å²) in [5.74, 6) is 0.960. The highest BCUT2D eigenvalue weighted by molar-refractivity contribution is 7.89. The van der Waals surface area contributed by atoms with E-state index in [2.05, 4.69) is 0 Å². The summed E-state index contributed by atoms with van der Waals surface area (Å²) in [6.07, 6.45) is 0. The number of rotatable bonds is 8. The van der Waals surface area contributed by atoms with E-state index in [1.54, 1.807) is 13.0 Å². The van der Waals surface area contributed by atoms with E-state index in [4.69, 9.17) is 15.2 Å². The van der Waals surface area contributed by atoms with Gasteiger partial charge in [-0.05, 0) is 32.9 Å². The Morgan fingerprint density at radius 3 is 2.29 bits per heavy atom. The highest BCUT2D eigenvalue weighted by Crippen LogP contribution is 2.31. The molecule has 0 saturated carbocycles. The minimum atomic E-state index is -3.61. The minimum absolute atomic E-state index is 0.164. The van der Waals surface area contributed by atoms with Crippen LogP contribution in [0.15, 0.2) is 23.1 Å². The second kappa shape index (κ2) is 7.63. The predicted octanol–water partition coefficient (Wildman–Crippen LogP) is 1.45. The van der Waals surface area contributed by atoms with E-state index in [-0.39, 0.29) is 17.5 Å². The molecule has 0 heterocycles. The molecule has 6 nitrogen and oxygen atoms in total. The number of hydrogen-bond donors (Lipinski definition) is 1. The number of nitrogens with two attached hydrogens (primary N) is 1. The number of nitrogens with zero attached hydrogens (tertiary/aromatic N) is 1. The molecule has 1 unspecified atom stereocenters. The van der Waals surface area contributed by atoms with E-state index in [0.717, 1.165) is 0 Å². The van der Waals surface area contributed by atoms with Crippen molar-refractivity contribution in [3.8, 4) is 11.5 Å². The van der Waals surface area contributed by atoms with Gasteiger partial charge in [-0.3, -0.25) is 0 Å². The van der Waals surface area contributed by atoms with Crippen LogP contribution in [0.4, 0.5) is 0 Å². The summed E-state index contributed by atoms with van der Waals surface area (Å²) < 4.78 is 37.2. The third kappa shape index (κ3) is 4.09. The van der Waals surface area contributed by atoms with Crippen molar-refractivity contribution in [2.24, 2.45) is 5.73 Å². The highest BCUT2D eigenvalue weighted by atomic mass is 32.2. The predicted molar refractivity (Wildman–Crippen MR) is 82.2 cm³/mol. The Morgan fingerprint density at radius 1 is 1.19 bits per heavy atom. The lowest BCUT2D eigenvalue weighted by atomic mass is 10.3. The molecule has 120 valence electrons. The van der Waals surface area contributed by atoms with Crippen LogP contribution in [0.2, 0.25) is 0 Å². The van der Waals surface area contributed by atoms with E-state index in [1.165, 1.54) is 23.5 Å². The molecule has 0 aromatic heterocycles. The Bertz CT molecular complexity index is 560. The molecule has 1 atom stereocenters. The van der Waals surface area contributed by atoms with Crippen molar-refractivity contribution < 1.29 is 17.9 Å². The molecule has 0 radical (unpaired) electrons. The quantitative estimate of drug-likeness (QED) is 0.785. The summed E-state index contributed by atoms with van der Waals surface area (Å²) in [6.45, 7) is 6.62. The van der Waals surface area contributed by atoms with Crippen molar-refractivity contribution in [1.29, 1.82) is 0 Å². The molecule has 0 aliphatic carbocycles. The van der Waals surface area contributed by atoms with E-state index >= 15 is 0 Å². The van der Waals surface area contributed by atoms with Gasteiger partial charge in [-0.1, -0.05) is 0 Å². The largest absolute Gasteiger partial charge is 0.490 e. The van der Waals surface area contributed by atoms with Crippen molar-refractivity contribution >= 4 is 10.0 Å². The first-order valence-electron chi connectivity index (χ1n) is 6.96. The number of likely N-dealkylation sites (N-methyl/N-ethyl adjacent to an activating group) is 1. The first-order chi connectivity index (χ1) is 9.88. The first kappa shape index (κ1) is 17.7. The number of sulfonamides is 1. The zero-order valence-electron chi connectivity index (χ0n) is 13.0. The lowest BCUT2D eigenvalue weighted by Crippen LogP contribution is -2.39. The monoisotopic (exact) mass is 316 g/mol. The van der Waals surface area contributed by atoms with Gasteiger partial charge in [0, 0.05) is 25.7 Å². The fourth-order valence-corrected chi connectivity index (χ4v) is 3.13. The molecule has 0 bridgehead atoms. The number of benzene rings is 1. The fraction of sp³-hybridized carbons (Fsp3) is 0.571. The van der Waals surface area contributed by atoms with Crippen molar-refractivity contribution in [1.82, 2.24) is 4.31 Å². The van der Waals surface area contributed by atoms with Gasteiger partial charge in [0.25, 0.3) is 0 Å². The Morgan fingerprint density at radius 2 is 1.76 bits per heavy atom. The molecule has 7 heteroatoms. The van der Waals surface area contributed by atoms with Crippen molar-refractivity contribution in [3.05, 3.63) is 18.2 Å². The van der Waals surface area contributed by atoms with Crippen LogP contribution in [0.25, 0.3) is 0 Å². The molecule has 0 saturated heterocycles. The maximum Gasteiger partial charge on any atom is 0.243 e. The number of hydrogen-bond acceptors (Lipinski definition) is 5. The van der Waals surface area contributed by atoms with Gasteiger partial charge in [-0.25, -0.2) is 8.42 Å².